The molecule has 0 saturated carbocycles. The molecule has 0 fully saturated rings. The number of hydrogen-bond acceptors (Lipinski definition) is 14. The SMILES string of the molecule is CC(C)(C)OC(=O)CC(=O)CC(CCC(=O)NCCOCCOCC(=O)NCCOCCOCC(=O)CCCCc1cc(-c2ccc(CO)cc2)ccc1CO)C(=O)OC(C)(C)C. The molecule has 0 bridgehead atoms. The molecule has 16 nitrogen and oxygen atoms in total. The summed E-state index contributed by atoms with van der Waals surface area (Å²) in [6.07, 6.45) is 1.90. The monoisotopic (exact) mass is 886 g/mol. The fourth-order valence-electron chi connectivity index (χ4n) is 6.04. The Morgan fingerprint density at radius 1 is 0.603 bits per heavy atom. The van der Waals surface area contributed by atoms with Gasteiger partial charge in [-0.15, -0.1) is 0 Å². The highest BCUT2D eigenvalue weighted by Gasteiger charge is 2.29. The second kappa shape index (κ2) is 29.7. The molecule has 0 radical (unpaired) electrons. The summed E-state index contributed by atoms with van der Waals surface area (Å²) >= 11 is 0. The number of hydrogen-bond donors (Lipinski definition) is 4. The van der Waals surface area contributed by atoms with Gasteiger partial charge in [0.2, 0.25) is 11.8 Å². The zero-order valence-corrected chi connectivity index (χ0v) is 38.1. The van der Waals surface area contributed by atoms with Crippen molar-refractivity contribution in [2.24, 2.45) is 5.92 Å². The van der Waals surface area contributed by atoms with E-state index in [0.29, 0.717) is 12.8 Å². The molecular weight excluding hydrogens is 817 g/mol. The van der Waals surface area contributed by atoms with Crippen LogP contribution in [0, 0.1) is 5.92 Å². The van der Waals surface area contributed by atoms with E-state index in [2.05, 4.69) is 16.7 Å². The minimum atomic E-state index is -0.899. The van der Waals surface area contributed by atoms with Crippen molar-refractivity contribution in [2.45, 2.75) is 117 Å². The van der Waals surface area contributed by atoms with E-state index >= 15 is 0 Å². The largest absolute Gasteiger partial charge is 0.460 e. The van der Waals surface area contributed by atoms with Gasteiger partial charge in [0.1, 0.15) is 36.6 Å². The van der Waals surface area contributed by atoms with E-state index in [9.17, 15) is 39.0 Å². The lowest BCUT2D eigenvalue weighted by molar-refractivity contribution is -0.163. The van der Waals surface area contributed by atoms with Crippen LogP contribution in [0.25, 0.3) is 11.1 Å². The molecule has 2 aromatic carbocycles. The van der Waals surface area contributed by atoms with Gasteiger partial charge in [-0.05, 0) is 95.0 Å². The van der Waals surface area contributed by atoms with Gasteiger partial charge in [-0.2, -0.15) is 0 Å². The van der Waals surface area contributed by atoms with Crippen LogP contribution in [0.1, 0.15) is 103 Å². The average Bonchev–Trinajstić information content (AvgIpc) is 3.21. The molecule has 352 valence electrons. The standard InChI is InChI=1S/C47H70N2O14/c1-46(2,3)62-44(56)29-41(53)28-38(45(57)63-47(4,5)6)17-18-42(54)48-19-21-58-24-26-61-33-43(55)49-20-22-59-23-25-60-32-40(52)10-8-7-9-36-27-37(15-16-39(36)31-51)35-13-11-34(30-50)12-14-35/h11-16,27,38,50-51H,7-10,17-26,28-33H2,1-6H3,(H,48,54)(H,49,55). The molecule has 0 aliphatic heterocycles. The van der Waals surface area contributed by atoms with Gasteiger partial charge in [0, 0.05) is 32.4 Å². The Labute approximate surface area is 372 Å². The highest BCUT2D eigenvalue weighted by Crippen LogP contribution is 2.25. The number of carbonyl (C=O) groups excluding carboxylic acids is 6. The number of carbonyl (C=O) groups is 6. The van der Waals surface area contributed by atoms with Crippen molar-refractivity contribution in [3.05, 3.63) is 59.2 Å². The maximum Gasteiger partial charge on any atom is 0.313 e. The Morgan fingerprint density at radius 2 is 1.19 bits per heavy atom. The summed E-state index contributed by atoms with van der Waals surface area (Å²) in [7, 11) is 0. The van der Waals surface area contributed by atoms with Gasteiger partial charge in [-0.1, -0.05) is 42.5 Å². The fourth-order valence-corrected chi connectivity index (χ4v) is 6.04. The first-order chi connectivity index (χ1) is 29.9. The summed E-state index contributed by atoms with van der Waals surface area (Å²) in [6, 6.07) is 13.7. The lowest BCUT2D eigenvalue weighted by Crippen LogP contribution is -2.33. The first kappa shape index (κ1) is 54.6. The minimum absolute atomic E-state index is 0.000219. The molecule has 0 aliphatic rings. The molecule has 0 aromatic heterocycles. The van der Waals surface area contributed by atoms with Crippen LogP contribution in [0.3, 0.4) is 0 Å². The molecule has 4 N–H and O–H groups in total. The summed E-state index contributed by atoms with van der Waals surface area (Å²) in [4.78, 5) is 74.2. The zero-order chi connectivity index (χ0) is 46.7. The van der Waals surface area contributed by atoms with Crippen LogP contribution in [0.4, 0.5) is 0 Å². The molecule has 2 rings (SSSR count). The fraction of sp³-hybridized carbons (Fsp3) is 0.617. The van der Waals surface area contributed by atoms with E-state index in [0.717, 1.165) is 40.7 Å². The van der Waals surface area contributed by atoms with Crippen LogP contribution in [-0.4, -0.2) is 123 Å². The molecule has 1 unspecified atom stereocenters. The summed E-state index contributed by atoms with van der Waals surface area (Å²) in [5, 5.41) is 24.5. The number of unbranched alkanes of at least 4 members (excludes halogenated alkanes) is 1. The van der Waals surface area contributed by atoms with E-state index < -0.39 is 41.3 Å². The van der Waals surface area contributed by atoms with E-state index in [1.54, 1.807) is 41.5 Å². The van der Waals surface area contributed by atoms with Crippen LogP contribution < -0.4 is 10.6 Å². The molecule has 16 heteroatoms. The molecule has 2 aromatic rings. The maximum absolute atomic E-state index is 12.8. The maximum atomic E-state index is 12.8. The second-order valence-electron chi connectivity index (χ2n) is 17.0. The van der Waals surface area contributed by atoms with E-state index in [4.69, 9.17) is 28.4 Å². The van der Waals surface area contributed by atoms with Crippen LogP contribution >= 0.6 is 0 Å². The zero-order valence-electron chi connectivity index (χ0n) is 38.1. The molecule has 63 heavy (non-hydrogen) atoms. The van der Waals surface area contributed by atoms with Crippen LogP contribution in [0.15, 0.2) is 42.5 Å². The Hall–Kier alpha value is -4.58. The number of aryl methyl sites for hydroxylation is 1. The van der Waals surface area contributed by atoms with Crippen molar-refractivity contribution < 1.29 is 67.4 Å². The molecule has 2 amide bonds. The van der Waals surface area contributed by atoms with E-state index in [-0.39, 0.29) is 116 Å². The predicted molar refractivity (Wildman–Crippen MR) is 234 cm³/mol. The van der Waals surface area contributed by atoms with Gasteiger partial charge >= 0.3 is 11.9 Å². The number of nitrogens with one attached hydrogen (secondary N) is 2. The van der Waals surface area contributed by atoms with Gasteiger partial charge < -0.3 is 49.3 Å². The number of ketones is 2. The molecular formula is C47H70N2O14. The van der Waals surface area contributed by atoms with Crippen molar-refractivity contribution in [3.8, 4) is 11.1 Å². The number of aliphatic hydroxyl groups is 2. The minimum Gasteiger partial charge on any atom is -0.460 e. The lowest BCUT2D eigenvalue weighted by atomic mass is 9.95. The van der Waals surface area contributed by atoms with Crippen LogP contribution in [-0.2, 0) is 76.8 Å². The third kappa shape index (κ3) is 26.0. The topological polar surface area (TPSA) is 222 Å². The van der Waals surface area contributed by atoms with Crippen molar-refractivity contribution in [2.75, 3.05) is 65.9 Å². The summed E-state index contributed by atoms with van der Waals surface area (Å²) in [5.41, 5.74) is 3.28. The van der Waals surface area contributed by atoms with Crippen molar-refractivity contribution in [3.63, 3.8) is 0 Å². The third-order valence-corrected chi connectivity index (χ3v) is 9.07. The summed E-state index contributed by atoms with van der Waals surface area (Å²) in [5.74, 6) is -3.34. The smallest absolute Gasteiger partial charge is 0.313 e. The molecule has 0 spiro atoms. The number of rotatable bonds is 32. The molecule has 0 heterocycles. The normalized spacial score (nSPS) is 12.1. The Morgan fingerprint density at radius 3 is 1.79 bits per heavy atom. The van der Waals surface area contributed by atoms with Gasteiger partial charge in [0.25, 0.3) is 0 Å². The average molecular weight is 887 g/mol. The highest BCUT2D eigenvalue weighted by molar-refractivity contribution is 5.97. The Balaban J connectivity index is 1.47. The highest BCUT2D eigenvalue weighted by atomic mass is 16.6. The van der Waals surface area contributed by atoms with E-state index in [1.807, 2.05) is 36.4 Å². The Kier molecular flexibility index (Phi) is 25.7. The predicted octanol–water partition coefficient (Wildman–Crippen LogP) is 4.35. The number of Topliss-reactive ketones (excluding diaryl/α,β-unsaturated/α-hetero) is 2. The third-order valence-electron chi connectivity index (χ3n) is 9.07. The van der Waals surface area contributed by atoms with Gasteiger partial charge in [0.05, 0.1) is 58.8 Å². The number of amides is 2. The first-order valence-corrected chi connectivity index (χ1v) is 21.6. The second-order valence-corrected chi connectivity index (χ2v) is 17.0. The van der Waals surface area contributed by atoms with E-state index in [1.165, 1.54) is 0 Å². The molecule has 1 atom stereocenters. The van der Waals surface area contributed by atoms with Gasteiger partial charge in [-0.25, -0.2) is 0 Å². The van der Waals surface area contributed by atoms with Crippen LogP contribution in [0.5, 0.6) is 0 Å². The number of benzene rings is 2. The summed E-state index contributed by atoms with van der Waals surface area (Å²) < 4.78 is 32.3. The molecule has 0 aliphatic carbocycles. The first-order valence-electron chi connectivity index (χ1n) is 21.6. The summed E-state index contributed by atoms with van der Waals surface area (Å²) in [6.45, 7) is 11.7. The molecule has 0 saturated heterocycles. The number of aliphatic hydroxyl groups excluding tert-OH is 2. The Bertz CT molecular complexity index is 1720. The number of ether oxygens (including phenoxy) is 6. The van der Waals surface area contributed by atoms with Gasteiger partial charge in [0.15, 0.2) is 5.78 Å². The van der Waals surface area contributed by atoms with Crippen molar-refractivity contribution in [1.29, 1.82) is 0 Å². The van der Waals surface area contributed by atoms with Crippen molar-refractivity contribution >= 4 is 35.3 Å². The lowest BCUT2D eigenvalue weighted by Gasteiger charge is -2.24. The van der Waals surface area contributed by atoms with Crippen molar-refractivity contribution in [1.82, 2.24) is 10.6 Å². The van der Waals surface area contributed by atoms with Gasteiger partial charge in [-0.3, -0.25) is 28.8 Å². The quantitative estimate of drug-likeness (QED) is 0.0456. The van der Waals surface area contributed by atoms with Crippen LogP contribution in [0.2, 0.25) is 0 Å². The number of esters is 2.